The van der Waals surface area contributed by atoms with E-state index < -0.39 is 0 Å². The molecule has 0 fully saturated rings. The van der Waals surface area contributed by atoms with Gasteiger partial charge in [0.05, 0.1) is 0 Å². The predicted molar refractivity (Wildman–Crippen MR) is 65.9 cm³/mol. The van der Waals surface area contributed by atoms with Gasteiger partial charge in [0.25, 0.3) is 0 Å². The van der Waals surface area contributed by atoms with Crippen LogP contribution >= 0.6 is 0 Å². The second-order valence-electron chi connectivity index (χ2n) is 1.95. The molecule has 74 valence electrons. The molecule has 0 saturated heterocycles. The van der Waals surface area contributed by atoms with Crippen molar-refractivity contribution in [2.24, 2.45) is 5.73 Å². The van der Waals surface area contributed by atoms with Crippen LogP contribution in [-0.2, 0) is 25.3 Å². The fourth-order valence-corrected chi connectivity index (χ4v) is 2.35. The third-order valence-electron chi connectivity index (χ3n) is 1.13. The van der Waals surface area contributed by atoms with E-state index in [0.29, 0.717) is 0 Å². The first kappa shape index (κ1) is 19.1. The summed E-state index contributed by atoms with van der Waals surface area (Å²) >= 11 is 8.29. The van der Waals surface area contributed by atoms with E-state index >= 15 is 0 Å². The van der Waals surface area contributed by atoms with Crippen molar-refractivity contribution in [2.45, 2.75) is 28.6 Å². The van der Waals surface area contributed by atoms with E-state index in [-0.39, 0.29) is 21.1 Å². The summed E-state index contributed by atoms with van der Waals surface area (Å²) < 4.78 is 1.54. The third kappa shape index (κ3) is 30.0. The Morgan fingerprint density at radius 2 is 1.50 bits per heavy atom. The van der Waals surface area contributed by atoms with Crippen molar-refractivity contribution >= 4 is 46.4 Å². The molecule has 2 N–H and O–H groups in total. The Hall–Kier alpha value is 1.46. The van der Waals surface area contributed by atoms with Gasteiger partial charge < -0.3 is 25.3 Å². The summed E-state index contributed by atoms with van der Waals surface area (Å²) in [6, 6.07) is 0. The zero-order chi connectivity index (χ0) is 10.2. The van der Waals surface area contributed by atoms with Crippen LogP contribution in [0, 0.1) is 0 Å². The molecule has 1 nitrogen and oxygen atoms in total. The van der Waals surface area contributed by atoms with Crippen LogP contribution in [0.4, 0.5) is 0 Å². The van der Waals surface area contributed by atoms with E-state index in [2.05, 4.69) is 30.2 Å². The minimum atomic E-state index is 0.126. The van der Waals surface area contributed by atoms with E-state index in [1.165, 1.54) is 19.3 Å². The molecule has 0 aliphatic rings. The summed E-state index contributed by atoms with van der Waals surface area (Å²) in [5, 5.41) is 0. The van der Waals surface area contributed by atoms with Crippen molar-refractivity contribution in [3.63, 3.8) is 0 Å². The summed E-state index contributed by atoms with van der Waals surface area (Å²) in [5.41, 5.74) is 5.32. The zero-order valence-electron chi connectivity index (χ0n) is 8.43. The molecule has 0 aromatic carbocycles. The summed E-state index contributed by atoms with van der Waals surface area (Å²) in [6.07, 6.45) is 7.21. The van der Waals surface area contributed by atoms with Gasteiger partial charge in [0, 0.05) is 0 Å². The third-order valence-corrected chi connectivity index (χ3v) is 3.57. The molecule has 4 heteroatoms. The molecule has 0 aliphatic carbocycles. The number of hydrogen-bond donors (Lipinski definition) is 1. The molecular weight excluding hydrogens is 293 g/mol. The number of nitrogens with two attached hydrogens (primary N) is 1. The molecule has 12 heavy (non-hydrogen) atoms. The summed E-state index contributed by atoms with van der Waals surface area (Å²) in [5.74, 6) is 0. The van der Waals surface area contributed by atoms with Crippen molar-refractivity contribution in [3.05, 3.63) is 0 Å². The fourth-order valence-electron chi connectivity index (χ4n) is 0.623. The van der Waals surface area contributed by atoms with Crippen LogP contribution < -0.4 is 5.73 Å². The molecule has 0 bridgehead atoms. The van der Waals surface area contributed by atoms with Gasteiger partial charge in [-0.1, -0.05) is 0 Å². The molecule has 0 atom stereocenters. The molecule has 0 unspecified atom stereocenters. The van der Waals surface area contributed by atoms with Crippen LogP contribution in [0.2, 0.25) is 9.38 Å². The Kier molecular flexibility index (Phi) is 46.8. The Bertz CT molecular complexity index is 42.0. The van der Waals surface area contributed by atoms with E-state index in [0.717, 1.165) is 6.54 Å². The molecule has 0 aromatic heterocycles. The second-order valence-corrected chi connectivity index (χ2v) is 5.40. The summed E-state index contributed by atoms with van der Waals surface area (Å²) in [7, 11) is 0. The first-order chi connectivity index (χ1) is 5.91. The molecular formula is C8H21NS2Sn. The van der Waals surface area contributed by atoms with E-state index in [4.69, 9.17) is 5.73 Å². The van der Waals surface area contributed by atoms with Crippen LogP contribution in [0.1, 0.15) is 19.3 Å². The number of rotatable bonds is 5. The van der Waals surface area contributed by atoms with Crippen LogP contribution in [0.3, 0.4) is 0 Å². The van der Waals surface area contributed by atoms with Crippen molar-refractivity contribution in [1.29, 1.82) is 0 Å². The summed E-state index contributed by atoms with van der Waals surface area (Å²) in [4.78, 5) is 2.39. The Balaban J connectivity index is -0.000000175. The molecule has 0 amide bonds. The topological polar surface area (TPSA) is 26.0 Å². The molecule has 0 rings (SSSR count). The van der Waals surface area contributed by atoms with E-state index in [9.17, 15) is 0 Å². The number of hydrogen-bond acceptors (Lipinski definition) is 3. The quantitative estimate of drug-likeness (QED) is 0.474. The maximum absolute atomic E-state index is 5.32. The normalized spacial score (nSPS) is 6.83. The minimum absolute atomic E-state index is 0.126. The molecule has 0 saturated carbocycles. The van der Waals surface area contributed by atoms with Crippen molar-refractivity contribution in [2.75, 3.05) is 19.1 Å². The fraction of sp³-hybridized carbons (Fsp3) is 1.00. The molecule has 0 aromatic rings. The molecule has 0 spiro atoms. The van der Waals surface area contributed by atoms with Gasteiger partial charge in [-0.05, 0) is 0 Å². The Morgan fingerprint density at radius 1 is 1.00 bits per heavy atom. The average Bonchev–Trinajstić information content (AvgIpc) is 2.19. The van der Waals surface area contributed by atoms with Gasteiger partial charge in [0.2, 0.25) is 0 Å². The van der Waals surface area contributed by atoms with Gasteiger partial charge in [-0.25, -0.2) is 0 Å². The Morgan fingerprint density at radius 3 is 1.83 bits per heavy atom. The maximum atomic E-state index is 5.32. The standard InChI is InChI=1S/C5H12N.2CH4S.CH3.Sn/c1-2-3-4-5-6;2*1-2;;/h1-6H2;2*2H,1H3;1H3;/q;;;;+2/p-2. The zero-order valence-corrected chi connectivity index (χ0v) is 12.9. The van der Waals surface area contributed by atoms with Crippen molar-refractivity contribution < 1.29 is 0 Å². The van der Waals surface area contributed by atoms with Crippen LogP contribution in [0.25, 0.3) is 0 Å². The van der Waals surface area contributed by atoms with Crippen LogP contribution in [0.15, 0.2) is 0 Å². The average molecular weight is 314 g/mol. The molecule has 0 heterocycles. The van der Waals surface area contributed by atoms with Crippen molar-refractivity contribution in [1.82, 2.24) is 0 Å². The van der Waals surface area contributed by atoms with Gasteiger partial charge in [-0.15, -0.1) is 0 Å². The van der Waals surface area contributed by atoms with Gasteiger partial charge in [0.15, 0.2) is 0 Å². The first-order valence-electron chi connectivity index (χ1n) is 4.08. The molecule has 0 radical (unpaired) electrons. The van der Waals surface area contributed by atoms with Gasteiger partial charge in [-0.3, -0.25) is 0 Å². The second kappa shape index (κ2) is 29.4. The Labute approximate surface area is 99.3 Å². The van der Waals surface area contributed by atoms with Crippen LogP contribution in [-0.4, -0.2) is 40.2 Å². The summed E-state index contributed by atoms with van der Waals surface area (Å²) in [6.45, 7) is 0.884. The number of unbranched alkanes of at least 4 members (excludes halogenated alkanes) is 2. The van der Waals surface area contributed by atoms with Crippen molar-refractivity contribution in [3.8, 4) is 0 Å². The van der Waals surface area contributed by atoms with Gasteiger partial charge >= 0.3 is 62.1 Å². The van der Waals surface area contributed by atoms with Crippen LogP contribution in [0.5, 0.6) is 0 Å². The van der Waals surface area contributed by atoms with Gasteiger partial charge in [0.1, 0.15) is 0 Å². The van der Waals surface area contributed by atoms with Gasteiger partial charge in [-0.2, -0.15) is 12.5 Å². The SMILES string of the molecule is C[S-].C[S-].[CH3][Sn+2][CH2]CCCCN. The molecule has 0 aliphatic heterocycles. The van der Waals surface area contributed by atoms with E-state index in [1.807, 2.05) is 0 Å². The first-order valence-corrected chi connectivity index (χ1v) is 10.6. The van der Waals surface area contributed by atoms with E-state index in [1.54, 1.807) is 16.9 Å². The monoisotopic (exact) mass is 315 g/mol. The predicted octanol–water partition coefficient (Wildman–Crippen LogP) is 1.61.